The average Bonchev–Trinajstić information content (AvgIpc) is 3.13. The van der Waals surface area contributed by atoms with Gasteiger partial charge in [-0.15, -0.1) is 5.10 Å². The first-order chi connectivity index (χ1) is 8.75. The van der Waals surface area contributed by atoms with Crippen molar-refractivity contribution >= 4 is 11.0 Å². The molecule has 1 aliphatic rings. The average molecular weight is 244 g/mol. The minimum atomic E-state index is 0.364. The monoisotopic (exact) mass is 244 g/mol. The second kappa shape index (κ2) is 4.69. The fraction of sp³-hybridized carbons (Fsp3) is 0.571. The normalized spacial score (nSPS) is 19.0. The number of hydrogen-bond donors (Lipinski definition) is 1. The van der Waals surface area contributed by atoms with Crippen molar-refractivity contribution in [1.29, 1.82) is 0 Å². The molecule has 1 aromatic carbocycles. The molecule has 0 spiro atoms. The highest BCUT2D eigenvalue weighted by molar-refractivity contribution is 5.73. The van der Waals surface area contributed by atoms with Gasteiger partial charge >= 0.3 is 0 Å². The summed E-state index contributed by atoms with van der Waals surface area (Å²) in [6, 6.07) is 9.29. The SMILES string of the molecule is CC(CNC1CC1)C(C)n1nnc2ccccc21. The first kappa shape index (κ1) is 11.7. The predicted octanol–water partition coefficient (Wildman–Crippen LogP) is 2.38. The fourth-order valence-corrected chi connectivity index (χ4v) is 2.24. The Kier molecular flexibility index (Phi) is 3.04. The maximum absolute atomic E-state index is 4.30. The van der Waals surface area contributed by atoms with E-state index < -0.39 is 0 Å². The number of aromatic nitrogens is 3. The van der Waals surface area contributed by atoms with Gasteiger partial charge in [0.25, 0.3) is 0 Å². The molecule has 4 heteroatoms. The maximum atomic E-state index is 4.30. The Hall–Kier alpha value is -1.42. The molecule has 96 valence electrons. The lowest BCUT2D eigenvalue weighted by Crippen LogP contribution is -2.28. The van der Waals surface area contributed by atoms with Gasteiger partial charge in [0.15, 0.2) is 0 Å². The van der Waals surface area contributed by atoms with Crippen molar-refractivity contribution in [2.75, 3.05) is 6.54 Å². The molecular formula is C14H20N4. The van der Waals surface area contributed by atoms with Gasteiger partial charge < -0.3 is 5.32 Å². The van der Waals surface area contributed by atoms with Crippen LogP contribution in [0.15, 0.2) is 24.3 Å². The lowest BCUT2D eigenvalue weighted by atomic mass is 10.0. The third-order valence-corrected chi connectivity index (χ3v) is 3.89. The molecule has 2 unspecified atom stereocenters. The molecule has 2 atom stereocenters. The lowest BCUT2D eigenvalue weighted by molar-refractivity contribution is 0.338. The standard InChI is InChI=1S/C14H20N4/c1-10(9-15-12-7-8-12)11(2)18-14-6-4-3-5-13(14)16-17-18/h3-6,10-12,15H,7-9H2,1-2H3. The number of fused-ring (bicyclic) bond motifs is 1. The Morgan fingerprint density at radius 1 is 1.33 bits per heavy atom. The second-order valence-corrected chi connectivity index (χ2v) is 5.42. The van der Waals surface area contributed by atoms with Crippen molar-refractivity contribution in [3.05, 3.63) is 24.3 Å². The molecule has 0 amide bonds. The quantitative estimate of drug-likeness (QED) is 0.878. The summed E-state index contributed by atoms with van der Waals surface area (Å²) >= 11 is 0. The van der Waals surface area contributed by atoms with Crippen molar-refractivity contribution in [2.24, 2.45) is 5.92 Å². The smallest absolute Gasteiger partial charge is 0.113 e. The molecule has 0 radical (unpaired) electrons. The van der Waals surface area contributed by atoms with Gasteiger partial charge in [-0.3, -0.25) is 0 Å². The van der Waals surface area contributed by atoms with Crippen molar-refractivity contribution < 1.29 is 0 Å². The summed E-state index contributed by atoms with van der Waals surface area (Å²) in [5.74, 6) is 0.552. The number of rotatable bonds is 5. The molecular weight excluding hydrogens is 224 g/mol. The zero-order valence-electron chi connectivity index (χ0n) is 11.0. The summed E-state index contributed by atoms with van der Waals surface area (Å²) in [6.07, 6.45) is 2.68. The van der Waals surface area contributed by atoms with Gasteiger partial charge in [-0.2, -0.15) is 0 Å². The van der Waals surface area contributed by atoms with E-state index in [9.17, 15) is 0 Å². The van der Waals surface area contributed by atoms with Gasteiger partial charge in [0.1, 0.15) is 5.52 Å². The van der Waals surface area contributed by atoms with Crippen LogP contribution in [0, 0.1) is 5.92 Å². The Morgan fingerprint density at radius 2 is 2.11 bits per heavy atom. The van der Waals surface area contributed by atoms with E-state index in [2.05, 4.69) is 40.2 Å². The van der Waals surface area contributed by atoms with Crippen LogP contribution in [0.25, 0.3) is 11.0 Å². The molecule has 1 aromatic heterocycles. The van der Waals surface area contributed by atoms with Crippen molar-refractivity contribution in [2.45, 2.75) is 38.8 Å². The van der Waals surface area contributed by atoms with Crippen LogP contribution in [0.1, 0.15) is 32.7 Å². The van der Waals surface area contributed by atoms with Crippen LogP contribution in [0.2, 0.25) is 0 Å². The molecule has 1 heterocycles. The Bertz CT molecular complexity index is 529. The Labute approximate surface area is 107 Å². The van der Waals surface area contributed by atoms with Crippen LogP contribution >= 0.6 is 0 Å². The highest BCUT2D eigenvalue weighted by Crippen LogP contribution is 2.23. The minimum absolute atomic E-state index is 0.364. The molecule has 0 saturated heterocycles. The van der Waals surface area contributed by atoms with Crippen LogP contribution in [-0.2, 0) is 0 Å². The molecule has 0 aliphatic heterocycles. The Balaban J connectivity index is 1.75. The van der Waals surface area contributed by atoms with E-state index >= 15 is 0 Å². The molecule has 1 fully saturated rings. The highest BCUT2D eigenvalue weighted by Gasteiger charge is 2.23. The summed E-state index contributed by atoms with van der Waals surface area (Å²) in [5.41, 5.74) is 2.11. The summed E-state index contributed by atoms with van der Waals surface area (Å²) in [5, 5.41) is 12.1. The van der Waals surface area contributed by atoms with E-state index in [4.69, 9.17) is 0 Å². The molecule has 2 aromatic rings. The van der Waals surface area contributed by atoms with Crippen molar-refractivity contribution in [3.8, 4) is 0 Å². The van der Waals surface area contributed by atoms with Gasteiger partial charge in [-0.25, -0.2) is 4.68 Å². The first-order valence-corrected chi connectivity index (χ1v) is 6.79. The lowest BCUT2D eigenvalue weighted by Gasteiger charge is -2.21. The third kappa shape index (κ3) is 2.25. The molecule has 3 rings (SSSR count). The molecule has 1 N–H and O–H groups in total. The topological polar surface area (TPSA) is 42.7 Å². The second-order valence-electron chi connectivity index (χ2n) is 5.42. The number of benzene rings is 1. The van der Waals surface area contributed by atoms with Gasteiger partial charge in [0.2, 0.25) is 0 Å². The number of nitrogens with zero attached hydrogens (tertiary/aromatic N) is 3. The van der Waals surface area contributed by atoms with Gasteiger partial charge in [0, 0.05) is 6.04 Å². The molecule has 1 aliphatic carbocycles. The van der Waals surface area contributed by atoms with Crippen LogP contribution in [0.3, 0.4) is 0 Å². The van der Waals surface area contributed by atoms with E-state index in [0.29, 0.717) is 12.0 Å². The van der Waals surface area contributed by atoms with Crippen LogP contribution in [-0.4, -0.2) is 27.6 Å². The summed E-state index contributed by atoms with van der Waals surface area (Å²) in [7, 11) is 0. The van der Waals surface area contributed by atoms with Crippen molar-refractivity contribution in [1.82, 2.24) is 20.3 Å². The highest BCUT2D eigenvalue weighted by atomic mass is 15.4. The van der Waals surface area contributed by atoms with E-state index in [1.54, 1.807) is 0 Å². The van der Waals surface area contributed by atoms with E-state index in [1.165, 1.54) is 12.8 Å². The van der Waals surface area contributed by atoms with E-state index in [0.717, 1.165) is 23.6 Å². The fourth-order valence-electron chi connectivity index (χ4n) is 2.24. The van der Waals surface area contributed by atoms with E-state index in [-0.39, 0.29) is 0 Å². The van der Waals surface area contributed by atoms with Crippen LogP contribution < -0.4 is 5.32 Å². The minimum Gasteiger partial charge on any atom is -0.314 e. The summed E-state index contributed by atoms with van der Waals surface area (Å²) < 4.78 is 2.05. The number of hydrogen-bond acceptors (Lipinski definition) is 3. The van der Waals surface area contributed by atoms with Crippen LogP contribution in [0.5, 0.6) is 0 Å². The molecule has 18 heavy (non-hydrogen) atoms. The zero-order valence-corrected chi connectivity index (χ0v) is 11.0. The van der Waals surface area contributed by atoms with E-state index in [1.807, 2.05) is 18.2 Å². The summed E-state index contributed by atoms with van der Waals surface area (Å²) in [4.78, 5) is 0. The first-order valence-electron chi connectivity index (χ1n) is 6.79. The maximum Gasteiger partial charge on any atom is 0.113 e. The number of nitrogens with one attached hydrogen (secondary N) is 1. The van der Waals surface area contributed by atoms with Gasteiger partial charge in [-0.05, 0) is 44.4 Å². The molecule has 1 saturated carbocycles. The van der Waals surface area contributed by atoms with Crippen LogP contribution in [0.4, 0.5) is 0 Å². The Morgan fingerprint density at radius 3 is 2.89 bits per heavy atom. The zero-order chi connectivity index (χ0) is 12.5. The number of para-hydroxylation sites is 1. The predicted molar refractivity (Wildman–Crippen MR) is 72.4 cm³/mol. The largest absolute Gasteiger partial charge is 0.314 e. The van der Waals surface area contributed by atoms with Crippen molar-refractivity contribution in [3.63, 3.8) is 0 Å². The molecule has 0 bridgehead atoms. The third-order valence-electron chi connectivity index (χ3n) is 3.89. The molecule has 4 nitrogen and oxygen atoms in total. The van der Waals surface area contributed by atoms with Gasteiger partial charge in [-0.1, -0.05) is 24.3 Å². The summed E-state index contributed by atoms with van der Waals surface area (Å²) in [6.45, 7) is 5.55. The van der Waals surface area contributed by atoms with Gasteiger partial charge in [0.05, 0.1) is 11.6 Å².